The lowest BCUT2D eigenvalue weighted by Gasteiger charge is -2.09. The van der Waals surface area contributed by atoms with Gasteiger partial charge in [0.25, 0.3) is 0 Å². The number of anilines is 1. The van der Waals surface area contributed by atoms with E-state index in [9.17, 15) is 8.42 Å². The molecule has 0 unspecified atom stereocenters. The fourth-order valence-electron chi connectivity index (χ4n) is 1.86. The third-order valence-electron chi connectivity index (χ3n) is 2.81. The zero-order valence-electron chi connectivity index (χ0n) is 10.8. The molecule has 0 bridgehead atoms. The van der Waals surface area contributed by atoms with Gasteiger partial charge in [0.1, 0.15) is 0 Å². The Kier molecular flexibility index (Phi) is 4.22. The number of sulfonamides is 1. The van der Waals surface area contributed by atoms with Gasteiger partial charge in [0.05, 0.1) is 5.75 Å². The lowest BCUT2D eigenvalue weighted by Crippen LogP contribution is -2.15. The van der Waals surface area contributed by atoms with Crippen molar-refractivity contribution in [2.45, 2.75) is 19.1 Å². The molecule has 2 rings (SSSR count). The van der Waals surface area contributed by atoms with Gasteiger partial charge in [-0.05, 0) is 29.7 Å². The van der Waals surface area contributed by atoms with Gasteiger partial charge in [-0.2, -0.15) is 0 Å². The van der Waals surface area contributed by atoms with Gasteiger partial charge in [0.2, 0.25) is 10.0 Å². The van der Waals surface area contributed by atoms with E-state index in [1.807, 2.05) is 55.5 Å². The van der Waals surface area contributed by atoms with E-state index in [2.05, 4.69) is 4.72 Å². The Balaban J connectivity index is 2.12. The molecule has 0 amide bonds. The molecule has 0 saturated heterocycles. The number of nitrogens with one attached hydrogen (secondary N) is 1. The largest absolute Gasteiger partial charge is 0.283 e. The number of aryl methyl sites for hydroxylation is 1. The molecule has 2 aromatic rings. The van der Waals surface area contributed by atoms with Gasteiger partial charge in [-0.15, -0.1) is 0 Å². The molecule has 0 aliphatic carbocycles. The maximum atomic E-state index is 12.1. The highest BCUT2D eigenvalue weighted by molar-refractivity contribution is 7.91. The first kappa shape index (κ1) is 13.6. The molecule has 0 atom stereocenters. The number of benzene rings is 2. The molecule has 0 radical (unpaired) electrons. The summed E-state index contributed by atoms with van der Waals surface area (Å²) in [5.74, 6) is -0.00973. The zero-order valence-corrected chi connectivity index (χ0v) is 11.7. The van der Waals surface area contributed by atoms with Crippen LogP contribution in [0, 0.1) is 0 Å². The second-order valence-electron chi connectivity index (χ2n) is 4.40. The minimum Gasteiger partial charge on any atom is -0.283 e. The van der Waals surface area contributed by atoms with Gasteiger partial charge in [-0.25, -0.2) is 8.42 Å². The van der Waals surface area contributed by atoms with E-state index in [1.54, 1.807) is 6.07 Å². The van der Waals surface area contributed by atoms with Gasteiger partial charge in [-0.1, -0.05) is 49.4 Å². The van der Waals surface area contributed by atoms with Crippen LogP contribution >= 0.6 is 0 Å². The number of hydrogen-bond donors (Lipinski definition) is 1. The van der Waals surface area contributed by atoms with Crippen molar-refractivity contribution in [2.75, 3.05) is 4.72 Å². The fraction of sp³-hybridized carbons (Fsp3) is 0.200. The van der Waals surface area contributed by atoms with Crippen LogP contribution in [-0.4, -0.2) is 8.42 Å². The number of rotatable bonds is 5. The summed E-state index contributed by atoms with van der Waals surface area (Å²) >= 11 is 0. The smallest absolute Gasteiger partial charge is 0.236 e. The summed E-state index contributed by atoms with van der Waals surface area (Å²) in [5.41, 5.74) is 2.51. The molecule has 0 spiro atoms. The van der Waals surface area contributed by atoms with Crippen molar-refractivity contribution in [3.63, 3.8) is 0 Å². The van der Waals surface area contributed by atoms with E-state index in [0.29, 0.717) is 5.69 Å². The summed E-state index contributed by atoms with van der Waals surface area (Å²) in [7, 11) is -3.36. The van der Waals surface area contributed by atoms with Gasteiger partial charge >= 0.3 is 0 Å². The first-order valence-electron chi connectivity index (χ1n) is 6.22. The Bertz CT molecular complexity index is 636. The highest BCUT2D eigenvalue weighted by Gasteiger charge is 2.11. The van der Waals surface area contributed by atoms with E-state index in [1.165, 1.54) is 0 Å². The van der Waals surface area contributed by atoms with E-state index in [4.69, 9.17) is 0 Å². The van der Waals surface area contributed by atoms with Gasteiger partial charge in [0.15, 0.2) is 0 Å². The molecular formula is C15H17NO2S. The SMILES string of the molecule is CCc1cccc(NS(=O)(=O)Cc2ccccc2)c1. The zero-order chi connectivity index (χ0) is 13.7. The predicted molar refractivity (Wildman–Crippen MR) is 78.5 cm³/mol. The molecule has 0 aliphatic heterocycles. The Morgan fingerprint density at radius 1 is 0.947 bits per heavy atom. The Morgan fingerprint density at radius 3 is 2.32 bits per heavy atom. The molecule has 1 N–H and O–H groups in total. The summed E-state index contributed by atoms with van der Waals surface area (Å²) in [6, 6.07) is 16.6. The Morgan fingerprint density at radius 2 is 1.63 bits per heavy atom. The topological polar surface area (TPSA) is 46.2 Å². The molecule has 19 heavy (non-hydrogen) atoms. The summed E-state index contributed by atoms with van der Waals surface area (Å²) in [5, 5.41) is 0. The second kappa shape index (κ2) is 5.89. The normalized spacial score (nSPS) is 11.2. The van der Waals surface area contributed by atoms with Gasteiger partial charge in [0, 0.05) is 5.69 Å². The maximum Gasteiger partial charge on any atom is 0.236 e. The van der Waals surface area contributed by atoms with E-state index >= 15 is 0 Å². The fourth-order valence-corrected chi connectivity index (χ4v) is 3.05. The average molecular weight is 275 g/mol. The lowest BCUT2D eigenvalue weighted by atomic mass is 10.1. The van der Waals surface area contributed by atoms with Gasteiger partial charge < -0.3 is 0 Å². The average Bonchev–Trinajstić information content (AvgIpc) is 2.39. The van der Waals surface area contributed by atoms with Crippen LogP contribution in [0.4, 0.5) is 5.69 Å². The predicted octanol–water partition coefficient (Wildman–Crippen LogP) is 3.19. The molecule has 4 heteroatoms. The van der Waals surface area contributed by atoms with E-state index in [0.717, 1.165) is 17.5 Å². The molecule has 3 nitrogen and oxygen atoms in total. The van der Waals surface area contributed by atoms with Crippen molar-refractivity contribution in [2.24, 2.45) is 0 Å². The molecular weight excluding hydrogens is 258 g/mol. The number of hydrogen-bond acceptors (Lipinski definition) is 2. The highest BCUT2D eigenvalue weighted by Crippen LogP contribution is 2.15. The van der Waals surface area contributed by atoms with Crippen molar-refractivity contribution >= 4 is 15.7 Å². The van der Waals surface area contributed by atoms with Crippen molar-refractivity contribution in [3.05, 3.63) is 65.7 Å². The highest BCUT2D eigenvalue weighted by atomic mass is 32.2. The second-order valence-corrected chi connectivity index (χ2v) is 6.12. The summed E-state index contributed by atoms with van der Waals surface area (Å²) in [6.45, 7) is 2.04. The molecule has 0 fully saturated rings. The molecule has 0 heterocycles. The minimum atomic E-state index is -3.36. The van der Waals surface area contributed by atoms with Gasteiger partial charge in [-0.3, -0.25) is 4.72 Å². The molecule has 0 aliphatic rings. The van der Waals surface area contributed by atoms with Crippen molar-refractivity contribution in [1.82, 2.24) is 0 Å². The van der Waals surface area contributed by atoms with Crippen molar-refractivity contribution in [3.8, 4) is 0 Å². The molecule has 2 aromatic carbocycles. The minimum absolute atomic E-state index is 0.00973. The molecule has 0 aromatic heterocycles. The van der Waals surface area contributed by atoms with Crippen LogP contribution in [0.2, 0.25) is 0 Å². The third kappa shape index (κ3) is 4.10. The summed E-state index contributed by atoms with van der Waals surface area (Å²) < 4.78 is 26.7. The first-order valence-corrected chi connectivity index (χ1v) is 7.87. The third-order valence-corrected chi connectivity index (χ3v) is 4.07. The standard InChI is InChI=1S/C15H17NO2S/c1-2-13-9-6-10-15(11-13)16-19(17,18)12-14-7-4-3-5-8-14/h3-11,16H,2,12H2,1H3. The van der Waals surface area contributed by atoms with Crippen LogP contribution in [-0.2, 0) is 22.2 Å². The van der Waals surface area contributed by atoms with Crippen LogP contribution in [0.5, 0.6) is 0 Å². The first-order chi connectivity index (χ1) is 9.09. The maximum absolute atomic E-state index is 12.1. The van der Waals surface area contributed by atoms with Crippen molar-refractivity contribution in [1.29, 1.82) is 0 Å². The Hall–Kier alpha value is -1.81. The Labute approximate surface area is 114 Å². The molecule has 0 saturated carbocycles. The van der Waals surface area contributed by atoms with Crippen LogP contribution in [0.15, 0.2) is 54.6 Å². The van der Waals surface area contributed by atoms with Crippen LogP contribution in [0.25, 0.3) is 0 Å². The van der Waals surface area contributed by atoms with Crippen LogP contribution < -0.4 is 4.72 Å². The van der Waals surface area contributed by atoms with Crippen LogP contribution in [0.1, 0.15) is 18.1 Å². The summed E-state index contributed by atoms with van der Waals surface area (Å²) in [6.07, 6.45) is 0.883. The van der Waals surface area contributed by atoms with E-state index in [-0.39, 0.29) is 5.75 Å². The van der Waals surface area contributed by atoms with E-state index < -0.39 is 10.0 Å². The van der Waals surface area contributed by atoms with Crippen molar-refractivity contribution < 1.29 is 8.42 Å². The monoisotopic (exact) mass is 275 g/mol. The molecule has 100 valence electrons. The summed E-state index contributed by atoms with van der Waals surface area (Å²) in [4.78, 5) is 0. The van der Waals surface area contributed by atoms with Crippen LogP contribution in [0.3, 0.4) is 0 Å². The lowest BCUT2D eigenvalue weighted by molar-refractivity contribution is 0.600. The quantitative estimate of drug-likeness (QED) is 0.911.